The maximum atomic E-state index is 5.79. The first-order chi connectivity index (χ1) is 9.24. The number of nitrogens with one attached hydrogen (secondary N) is 1. The van der Waals surface area contributed by atoms with Gasteiger partial charge in [0.25, 0.3) is 0 Å². The third kappa shape index (κ3) is 5.19. The molecule has 0 bridgehead atoms. The van der Waals surface area contributed by atoms with E-state index in [1.807, 2.05) is 12.3 Å². The van der Waals surface area contributed by atoms with Crippen molar-refractivity contribution in [2.45, 2.75) is 58.5 Å². The Hall–Kier alpha value is -1.09. The van der Waals surface area contributed by atoms with Crippen LogP contribution in [0.2, 0.25) is 0 Å². The second-order valence-electron chi connectivity index (χ2n) is 5.86. The summed E-state index contributed by atoms with van der Waals surface area (Å²) >= 11 is 0. The summed E-state index contributed by atoms with van der Waals surface area (Å²) in [5.74, 6) is 1.50. The normalized spacial score (nSPS) is 16.8. The fourth-order valence-electron chi connectivity index (χ4n) is 2.48. The SMILES string of the molecule is CC(C)NCc1ccc(OCC2CCCCC2)nc1. The van der Waals surface area contributed by atoms with Crippen molar-refractivity contribution in [3.63, 3.8) is 0 Å². The summed E-state index contributed by atoms with van der Waals surface area (Å²) in [7, 11) is 0. The van der Waals surface area contributed by atoms with E-state index in [1.54, 1.807) is 0 Å². The molecule has 0 aliphatic heterocycles. The number of nitrogens with zero attached hydrogens (tertiary/aromatic N) is 1. The predicted octanol–water partition coefficient (Wildman–Crippen LogP) is 3.54. The molecule has 0 spiro atoms. The number of hydrogen-bond acceptors (Lipinski definition) is 3. The lowest BCUT2D eigenvalue weighted by molar-refractivity contribution is 0.203. The van der Waals surface area contributed by atoms with Crippen molar-refractivity contribution in [2.24, 2.45) is 5.92 Å². The topological polar surface area (TPSA) is 34.1 Å². The van der Waals surface area contributed by atoms with Crippen molar-refractivity contribution in [2.75, 3.05) is 6.61 Å². The standard InChI is InChI=1S/C16H26N2O/c1-13(2)17-10-15-8-9-16(18-11-15)19-12-14-6-4-3-5-7-14/h8-9,11,13-14,17H,3-7,10,12H2,1-2H3. The van der Waals surface area contributed by atoms with E-state index in [9.17, 15) is 0 Å². The van der Waals surface area contributed by atoms with Crippen molar-refractivity contribution in [1.82, 2.24) is 10.3 Å². The molecule has 1 aromatic heterocycles. The molecule has 1 aliphatic carbocycles. The van der Waals surface area contributed by atoms with Gasteiger partial charge in [-0.3, -0.25) is 0 Å². The Morgan fingerprint density at radius 1 is 1.26 bits per heavy atom. The van der Waals surface area contributed by atoms with E-state index in [0.717, 1.165) is 24.9 Å². The summed E-state index contributed by atoms with van der Waals surface area (Å²) in [6.07, 6.45) is 8.66. The molecular formula is C16H26N2O. The highest BCUT2D eigenvalue weighted by atomic mass is 16.5. The minimum absolute atomic E-state index is 0.502. The molecule has 1 N–H and O–H groups in total. The van der Waals surface area contributed by atoms with Crippen molar-refractivity contribution in [1.29, 1.82) is 0 Å². The van der Waals surface area contributed by atoms with Gasteiger partial charge in [0.05, 0.1) is 6.61 Å². The largest absolute Gasteiger partial charge is 0.477 e. The van der Waals surface area contributed by atoms with E-state index in [4.69, 9.17) is 4.74 Å². The van der Waals surface area contributed by atoms with E-state index in [-0.39, 0.29) is 0 Å². The van der Waals surface area contributed by atoms with Crippen LogP contribution in [0.5, 0.6) is 5.88 Å². The zero-order valence-electron chi connectivity index (χ0n) is 12.2. The first-order valence-electron chi connectivity index (χ1n) is 7.55. The van der Waals surface area contributed by atoms with Crippen LogP contribution in [0.1, 0.15) is 51.5 Å². The molecule has 2 rings (SSSR count). The van der Waals surface area contributed by atoms with E-state index >= 15 is 0 Å². The third-order valence-corrected chi connectivity index (χ3v) is 3.70. The number of hydrogen-bond donors (Lipinski definition) is 1. The summed E-state index contributed by atoms with van der Waals surface area (Å²) in [6, 6.07) is 4.58. The van der Waals surface area contributed by atoms with Crippen LogP contribution >= 0.6 is 0 Å². The lowest BCUT2D eigenvalue weighted by Crippen LogP contribution is -2.21. The zero-order chi connectivity index (χ0) is 13.5. The highest BCUT2D eigenvalue weighted by Gasteiger charge is 2.14. The molecule has 106 valence electrons. The first-order valence-corrected chi connectivity index (χ1v) is 7.55. The number of pyridine rings is 1. The Bertz CT molecular complexity index is 356. The maximum absolute atomic E-state index is 5.79. The summed E-state index contributed by atoms with van der Waals surface area (Å²) < 4.78 is 5.79. The van der Waals surface area contributed by atoms with Gasteiger partial charge < -0.3 is 10.1 Å². The van der Waals surface area contributed by atoms with Crippen molar-refractivity contribution in [3.05, 3.63) is 23.9 Å². The van der Waals surface area contributed by atoms with Gasteiger partial charge >= 0.3 is 0 Å². The molecule has 0 atom stereocenters. The van der Waals surface area contributed by atoms with E-state index < -0.39 is 0 Å². The predicted molar refractivity (Wildman–Crippen MR) is 78.3 cm³/mol. The van der Waals surface area contributed by atoms with Gasteiger partial charge in [0.1, 0.15) is 0 Å². The maximum Gasteiger partial charge on any atom is 0.213 e. The van der Waals surface area contributed by atoms with Crippen LogP contribution in [0.15, 0.2) is 18.3 Å². The minimum atomic E-state index is 0.502. The fraction of sp³-hybridized carbons (Fsp3) is 0.688. The Labute approximate surface area is 116 Å². The molecule has 1 aromatic rings. The Balaban J connectivity index is 1.74. The van der Waals surface area contributed by atoms with E-state index in [1.165, 1.54) is 37.7 Å². The molecule has 19 heavy (non-hydrogen) atoms. The van der Waals surface area contributed by atoms with E-state index in [0.29, 0.717) is 6.04 Å². The molecule has 3 nitrogen and oxygen atoms in total. The van der Waals surface area contributed by atoms with Crippen molar-refractivity contribution < 1.29 is 4.74 Å². The van der Waals surface area contributed by atoms with Gasteiger partial charge in [0.15, 0.2) is 0 Å². The van der Waals surface area contributed by atoms with E-state index in [2.05, 4.69) is 30.2 Å². The van der Waals surface area contributed by atoms with Gasteiger partial charge in [-0.25, -0.2) is 4.98 Å². The number of aromatic nitrogens is 1. The summed E-state index contributed by atoms with van der Waals surface area (Å²) in [4.78, 5) is 4.38. The molecule has 0 aromatic carbocycles. The van der Waals surface area contributed by atoms with Crippen LogP contribution in [0.25, 0.3) is 0 Å². The lowest BCUT2D eigenvalue weighted by atomic mass is 9.90. The molecule has 1 saturated carbocycles. The quantitative estimate of drug-likeness (QED) is 0.851. The molecule has 3 heteroatoms. The molecule has 0 radical (unpaired) electrons. The average molecular weight is 262 g/mol. The third-order valence-electron chi connectivity index (χ3n) is 3.70. The molecule has 1 aliphatic rings. The van der Waals surface area contributed by atoms with Crippen LogP contribution in [0.4, 0.5) is 0 Å². The molecule has 1 heterocycles. The fourth-order valence-corrected chi connectivity index (χ4v) is 2.48. The second kappa shape index (κ2) is 7.49. The Morgan fingerprint density at radius 2 is 2.05 bits per heavy atom. The highest BCUT2D eigenvalue weighted by Crippen LogP contribution is 2.24. The van der Waals surface area contributed by atoms with Crippen LogP contribution < -0.4 is 10.1 Å². The molecule has 0 amide bonds. The molecule has 0 saturated heterocycles. The van der Waals surface area contributed by atoms with Gasteiger partial charge in [0.2, 0.25) is 5.88 Å². The van der Waals surface area contributed by atoms with Crippen LogP contribution in [0, 0.1) is 5.92 Å². The smallest absolute Gasteiger partial charge is 0.213 e. The molecule has 1 fully saturated rings. The zero-order valence-corrected chi connectivity index (χ0v) is 12.2. The Morgan fingerprint density at radius 3 is 2.68 bits per heavy atom. The van der Waals surface area contributed by atoms with Crippen LogP contribution in [0.3, 0.4) is 0 Å². The average Bonchev–Trinajstić information content (AvgIpc) is 2.45. The van der Waals surface area contributed by atoms with Gasteiger partial charge in [-0.2, -0.15) is 0 Å². The Kier molecular flexibility index (Phi) is 5.64. The van der Waals surface area contributed by atoms with Gasteiger partial charge in [-0.15, -0.1) is 0 Å². The van der Waals surface area contributed by atoms with Gasteiger partial charge in [-0.1, -0.05) is 39.2 Å². The number of ether oxygens (including phenoxy) is 1. The van der Waals surface area contributed by atoms with Crippen molar-refractivity contribution >= 4 is 0 Å². The number of rotatable bonds is 6. The summed E-state index contributed by atoms with van der Waals surface area (Å²) in [6.45, 7) is 5.99. The monoisotopic (exact) mass is 262 g/mol. The van der Waals surface area contributed by atoms with Gasteiger partial charge in [0, 0.05) is 24.8 Å². The van der Waals surface area contributed by atoms with Crippen LogP contribution in [-0.2, 0) is 6.54 Å². The molecule has 0 unspecified atom stereocenters. The lowest BCUT2D eigenvalue weighted by Gasteiger charge is -2.21. The first kappa shape index (κ1) is 14.3. The summed E-state index contributed by atoms with van der Waals surface area (Å²) in [5.41, 5.74) is 1.21. The minimum Gasteiger partial charge on any atom is -0.477 e. The highest BCUT2D eigenvalue weighted by molar-refractivity contribution is 5.17. The molecular weight excluding hydrogens is 236 g/mol. The summed E-state index contributed by atoms with van der Waals surface area (Å²) in [5, 5.41) is 3.38. The second-order valence-corrected chi connectivity index (χ2v) is 5.86. The van der Waals surface area contributed by atoms with Gasteiger partial charge in [-0.05, 0) is 24.3 Å². The van der Waals surface area contributed by atoms with Crippen LogP contribution in [-0.4, -0.2) is 17.6 Å². The van der Waals surface area contributed by atoms with Crippen molar-refractivity contribution in [3.8, 4) is 5.88 Å².